The zero-order valence-corrected chi connectivity index (χ0v) is 4.76. The minimum Gasteiger partial charge on any atom is -0.492 e. The minimum atomic E-state index is 0.0207. The summed E-state index contributed by atoms with van der Waals surface area (Å²) < 4.78 is 4.78. The molecule has 0 bridgehead atoms. The highest BCUT2D eigenvalue weighted by molar-refractivity contribution is 5.01. The van der Waals surface area contributed by atoms with Crippen molar-refractivity contribution in [2.75, 3.05) is 13.2 Å². The molecule has 0 radical (unpaired) electrons. The third-order valence-corrected chi connectivity index (χ3v) is 0.606. The van der Waals surface area contributed by atoms with Crippen LogP contribution in [0.2, 0.25) is 0 Å². The van der Waals surface area contributed by atoms with Crippen molar-refractivity contribution in [1.29, 1.82) is 0 Å². The summed E-state index contributed by atoms with van der Waals surface area (Å²) in [7, 11) is 0. The molecule has 0 rings (SSSR count). The predicted molar refractivity (Wildman–Crippen MR) is 32.4 cm³/mol. The largest absolute Gasteiger partial charge is 0.492 e. The van der Waals surface area contributed by atoms with E-state index in [4.69, 9.17) is 9.84 Å². The van der Waals surface area contributed by atoms with Gasteiger partial charge in [0.2, 0.25) is 0 Å². The van der Waals surface area contributed by atoms with E-state index in [9.17, 15) is 0 Å². The van der Waals surface area contributed by atoms with Gasteiger partial charge in [-0.1, -0.05) is 13.2 Å². The van der Waals surface area contributed by atoms with Gasteiger partial charge in [-0.2, -0.15) is 0 Å². The van der Waals surface area contributed by atoms with Gasteiger partial charge in [0, 0.05) is 0 Å². The molecule has 0 saturated heterocycles. The Morgan fingerprint density at radius 2 is 2.38 bits per heavy atom. The van der Waals surface area contributed by atoms with Crippen molar-refractivity contribution in [3.63, 3.8) is 0 Å². The summed E-state index contributed by atoms with van der Waals surface area (Å²) in [6.45, 7) is 7.18. The monoisotopic (exact) mass is 114 g/mol. The standard InChI is InChI=1S/C6H10O2/c1-3-6(2)8-5-4-7/h3,7H,1-2,4-5H2. The van der Waals surface area contributed by atoms with Crippen molar-refractivity contribution in [3.05, 3.63) is 25.0 Å². The first-order chi connectivity index (χ1) is 3.81. The lowest BCUT2D eigenvalue weighted by Gasteiger charge is -1.99. The molecule has 0 aromatic rings. The Bertz CT molecular complexity index is 86.5. The quantitative estimate of drug-likeness (QED) is 0.430. The van der Waals surface area contributed by atoms with E-state index in [0.717, 1.165) is 0 Å². The van der Waals surface area contributed by atoms with Gasteiger partial charge in [0.1, 0.15) is 12.4 Å². The molecule has 0 heterocycles. The number of allylic oxidation sites excluding steroid dienone is 1. The molecule has 0 saturated carbocycles. The summed E-state index contributed by atoms with van der Waals surface area (Å²) in [5.41, 5.74) is 0. The number of ether oxygens (including phenoxy) is 1. The van der Waals surface area contributed by atoms with E-state index in [1.807, 2.05) is 0 Å². The highest BCUT2D eigenvalue weighted by Crippen LogP contribution is 1.90. The maximum Gasteiger partial charge on any atom is 0.111 e. The summed E-state index contributed by atoms with van der Waals surface area (Å²) in [6.07, 6.45) is 1.50. The second-order valence-corrected chi connectivity index (χ2v) is 1.24. The molecule has 0 amide bonds. The summed E-state index contributed by atoms with van der Waals surface area (Å²) in [5, 5.41) is 8.21. The normalized spacial score (nSPS) is 8.12. The van der Waals surface area contributed by atoms with Crippen molar-refractivity contribution in [1.82, 2.24) is 0 Å². The van der Waals surface area contributed by atoms with E-state index in [-0.39, 0.29) is 6.61 Å². The first-order valence-electron chi connectivity index (χ1n) is 2.36. The van der Waals surface area contributed by atoms with Crippen molar-refractivity contribution in [3.8, 4) is 0 Å². The fourth-order valence-corrected chi connectivity index (χ4v) is 0.236. The van der Waals surface area contributed by atoms with Gasteiger partial charge in [0.25, 0.3) is 0 Å². The van der Waals surface area contributed by atoms with Crippen LogP contribution < -0.4 is 0 Å². The maximum atomic E-state index is 8.21. The number of hydrogen-bond acceptors (Lipinski definition) is 2. The molecule has 2 nitrogen and oxygen atoms in total. The average molecular weight is 114 g/mol. The Balaban J connectivity index is 3.11. The molecular weight excluding hydrogens is 104 g/mol. The van der Waals surface area contributed by atoms with Gasteiger partial charge in [0.15, 0.2) is 0 Å². The SMILES string of the molecule is C=CC(=C)OCCO. The minimum absolute atomic E-state index is 0.0207. The van der Waals surface area contributed by atoms with Gasteiger partial charge in [-0.05, 0) is 6.08 Å². The topological polar surface area (TPSA) is 29.5 Å². The molecule has 0 aliphatic carbocycles. The van der Waals surface area contributed by atoms with Crippen molar-refractivity contribution >= 4 is 0 Å². The lowest BCUT2D eigenvalue weighted by molar-refractivity contribution is 0.153. The first-order valence-corrected chi connectivity index (χ1v) is 2.36. The summed E-state index contributed by atoms with van der Waals surface area (Å²) in [4.78, 5) is 0. The highest BCUT2D eigenvalue weighted by atomic mass is 16.5. The molecule has 8 heavy (non-hydrogen) atoms. The molecule has 0 atom stereocenters. The molecule has 0 aromatic heterocycles. The lowest BCUT2D eigenvalue weighted by Crippen LogP contribution is -1.95. The Morgan fingerprint density at radius 3 is 2.75 bits per heavy atom. The molecule has 46 valence electrons. The number of aliphatic hydroxyl groups is 1. The second kappa shape index (κ2) is 4.40. The van der Waals surface area contributed by atoms with E-state index >= 15 is 0 Å². The molecule has 1 N–H and O–H groups in total. The predicted octanol–water partition coefficient (Wildman–Crippen LogP) is 0.695. The Kier molecular flexibility index (Phi) is 3.98. The zero-order valence-electron chi connectivity index (χ0n) is 4.76. The highest BCUT2D eigenvalue weighted by Gasteiger charge is 1.82. The maximum absolute atomic E-state index is 8.21. The van der Waals surface area contributed by atoms with Crippen LogP contribution in [0.3, 0.4) is 0 Å². The summed E-state index contributed by atoms with van der Waals surface area (Å²) in [6, 6.07) is 0. The van der Waals surface area contributed by atoms with E-state index in [1.54, 1.807) is 0 Å². The summed E-state index contributed by atoms with van der Waals surface area (Å²) in [5.74, 6) is 0.499. The fraction of sp³-hybridized carbons (Fsp3) is 0.333. The zero-order chi connectivity index (χ0) is 6.41. The van der Waals surface area contributed by atoms with Crippen LogP contribution in [-0.2, 0) is 4.74 Å². The van der Waals surface area contributed by atoms with Gasteiger partial charge in [-0.25, -0.2) is 0 Å². The van der Waals surface area contributed by atoms with E-state index in [2.05, 4.69) is 13.2 Å². The van der Waals surface area contributed by atoms with Gasteiger partial charge < -0.3 is 9.84 Å². The van der Waals surface area contributed by atoms with Crippen molar-refractivity contribution in [2.24, 2.45) is 0 Å². The van der Waals surface area contributed by atoms with Crippen LogP contribution in [0, 0.1) is 0 Å². The number of aliphatic hydroxyl groups excluding tert-OH is 1. The van der Waals surface area contributed by atoms with Gasteiger partial charge >= 0.3 is 0 Å². The van der Waals surface area contributed by atoms with Gasteiger partial charge in [0.05, 0.1) is 6.61 Å². The average Bonchev–Trinajstić information content (AvgIpc) is 1.83. The smallest absolute Gasteiger partial charge is 0.111 e. The van der Waals surface area contributed by atoms with Crippen LogP contribution in [0.15, 0.2) is 25.0 Å². The van der Waals surface area contributed by atoms with E-state index < -0.39 is 0 Å². The Hall–Kier alpha value is -0.760. The summed E-state index contributed by atoms with van der Waals surface area (Å²) >= 11 is 0. The van der Waals surface area contributed by atoms with Gasteiger partial charge in [-0.3, -0.25) is 0 Å². The third kappa shape index (κ3) is 3.43. The van der Waals surface area contributed by atoms with Crippen LogP contribution in [-0.4, -0.2) is 18.3 Å². The van der Waals surface area contributed by atoms with Crippen LogP contribution >= 0.6 is 0 Å². The van der Waals surface area contributed by atoms with Crippen molar-refractivity contribution < 1.29 is 9.84 Å². The molecule has 0 aliphatic heterocycles. The van der Waals surface area contributed by atoms with Crippen LogP contribution in [0.5, 0.6) is 0 Å². The fourth-order valence-electron chi connectivity index (χ4n) is 0.236. The first kappa shape index (κ1) is 7.24. The van der Waals surface area contributed by atoms with E-state index in [0.29, 0.717) is 12.4 Å². The molecule has 0 fully saturated rings. The lowest BCUT2D eigenvalue weighted by atomic mass is 10.5. The van der Waals surface area contributed by atoms with E-state index in [1.165, 1.54) is 6.08 Å². The molecule has 0 aromatic carbocycles. The molecule has 0 spiro atoms. The molecule has 0 unspecified atom stereocenters. The van der Waals surface area contributed by atoms with Crippen molar-refractivity contribution in [2.45, 2.75) is 0 Å². The Morgan fingerprint density at radius 1 is 1.75 bits per heavy atom. The molecule has 2 heteroatoms. The van der Waals surface area contributed by atoms with Gasteiger partial charge in [-0.15, -0.1) is 0 Å². The third-order valence-electron chi connectivity index (χ3n) is 0.606. The molecule has 0 aliphatic rings. The van der Waals surface area contributed by atoms with Crippen LogP contribution in [0.4, 0.5) is 0 Å². The number of hydrogen-bond donors (Lipinski definition) is 1. The van der Waals surface area contributed by atoms with Crippen LogP contribution in [0.25, 0.3) is 0 Å². The molecular formula is C6H10O2. The second-order valence-electron chi connectivity index (χ2n) is 1.24. The van der Waals surface area contributed by atoms with Crippen LogP contribution in [0.1, 0.15) is 0 Å². The number of rotatable bonds is 4. The Labute approximate surface area is 49.1 Å².